The Kier molecular flexibility index (Phi) is 4.52. The molecule has 0 radical (unpaired) electrons. The molecule has 7 nitrogen and oxygen atoms in total. The van der Waals surface area contributed by atoms with Crippen LogP contribution in [0.4, 0.5) is 5.69 Å². The van der Waals surface area contributed by atoms with E-state index in [2.05, 4.69) is 0 Å². The van der Waals surface area contributed by atoms with E-state index in [4.69, 9.17) is 0 Å². The van der Waals surface area contributed by atoms with E-state index in [1.54, 1.807) is 0 Å². The fourth-order valence-corrected chi connectivity index (χ4v) is 3.10. The number of likely N-dealkylation sites (N-methyl/N-ethyl adjacent to an activating group) is 1. The van der Waals surface area contributed by atoms with Crippen molar-refractivity contribution in [3.63, 3.8) is 0 Å². The Balaban J connectivity index is 3.23. The molecule has 0 atom stereocenters. The highest BCUT2D eigenvalue weighted by Crippen LogP contribution is 2.24. The Morgan fingerprint density at radius 1 is 1.40 bits per heavy atom. The summed E-state index contributed by atoms with van der Waals surface area (Å²) < 4.78 is 25.6. The maximum absolute atomic E-state index is 12.3. The molecular weight excluding hydrogens is 284 g/mol. The van der Waals surface area contributed by atoms with Gasteiger partial charge in [-0.1, -0.05) is 6.07 Å². The number of nitrogens with zero attached hydrogens (tertiary/aromatic N) is 2. The third kappa shape index (κ3) is 3.75. The molecule has 112 valence electrons. The maximum atomic E-state index is 12.3. The standard InChI is InChI=1S/C12H18N2O5S/c1-9-5-6-10(7-11(9)14(16)17)20(18,19)13(4)8-12(2,3)15/h5-7,15H,8H2,1-4H3. The van der Waals surface area contributed by atoms with Crippen molar-refractivity contribution in [1.82, 2.24) is 4.31 Å². The summed E-state index contributed by atoms with van der Waals surface area (Å²) >= 11 is 0. The van der Waals surface area contributed by atoms with Crippen molar-refractivity contribution in [3.05, 3.63) is 33.9 Å². The first-order valence-electron chi connectivity index (χ1n) is 5.89. The smallest absolute Gasteiger partial charge is 0.273 e. The van der Waals surface area contributed by atoms with Gasteiger partial charge in [-0.2, -0.15) is 4.31 Å². The molecule has 0 aliphatic carbocycles. The fourth-order valence-electron chi connectivity index (χ4n) is 1.76. The summed E-state index contributed by atoms with van der Waals surface area (Å²) in [6.07, 6.45) is 0. The van der Waals surface area contributed by atoms with Crippen LogP contribution in [0, 0.1) is 17.0 Å². The van der Waals surface area contributed by atoms with Gasteiger partial charge < -0.3 is 5.11 Å². The third-order valence-corrected chi connectivity index (χ3v) is 4.49. The van der Waals surface area contributed by atoms with Crippen LogP contribution in [-0.4, -0.2) is 41.9 Å². The summed E-state index contributed by atoms with van der Waals surface area (Å²) in [4.78, 5) is 10.1. The van der Waals surface area contributed by atoms with Crippen LogP contribution in [-0.2, 0) is 10.0 Å². The van der Waals surface area contributed by atoms with Gasteiger partial charge in [-0.15, -0.1) is 0 Å². The largest absolute Gasteiger partial charge is 0.389 e. The van der Waals surface area contributed by atoms with Gasteiger partial charge in [0, 0.05) is 25.2 Å². The van der Waals surface area contributed by atoms with E-state index in [-0.39, 0.29) is 17.1 Å². The number of sulfonamides is 1. The molecule has 0 spiro atoms. The van der Waals surface area contributed by atoms with Gasteiger partial charge in [0.05, 0.1) is 15.4 Å². The topological polar surface area (TPSA) is 101 Å². The SMILES string of the molecule is Cc1ccc(S(=O)(=O)N(C)CC(C)(C)O)cc1[N+](=O)[O-]. The average molecular weight is 302 g/mol. The maximum Gasteiger partial charge on any atom is 0.273 e. The van der Waals surface area contributed by atoms with E-state index in [0.717, 1.165) is 10.4 Å². The number of aryl methyl sites for hydroxylation is 1. The molecule has 0 saturated carbocycles. The van der Waals surface area contributed by atoms with Crippen LogP contribution in [0.3, 0.4) is 0 Å². The number of benzene rings is 1. The van der Waals surface area contributed by atoms with Gasteiger partial charge in [0.1, 0.15) is 0 Å². The Hall–Kier alpha value is -1.51. The van der Waals surface area contributed by atoms with Crippen LogP contribution in [0.1, 0.15) is 19.4 Å². The van der Waals surface area contributed by atoms with Crippen molar-refractivity contribution in [2.75, 3.05) is 13.6 Å². The monoisotopic (exact) mass is 302 g/mol. The van der Waals surface area contributed by atoms with E-state index < -0.39 is 20.5 Å². The van der Waals surface area contributed by atoms with Crippen molar-refractivity contribution in [1.29, 1.82) is 0 Å². The zero-order valence-electron chi connectivity index (χ0n) is 11.8. The molecule has 0 unspecified atom stereocenters. The molecule has 0 bridgehead atoms. The van der Waals surface area contributed by atoms with Crippen molar-refractivity contribution in [2.24, 2.45) is 0 Å². The van der Waals surface area contributed by atoms with Crippen molar-refractivity contribution in [2.45, 2.75) is 31.3 Å². The first kappa shape index (κ1) is 16.5. The first-order chi connectivity index (χ1) is 8.95. The van der Waals surface area contributed by atoms with Crippen LogP contribution >= 0.6 is 0 Å². The van der Waals surface area contributed by atoms with Crippen molar-refractivity contribution < 1.29 is 18.4 Å². The lowest BCUT2D eigenvalue weighted by molar-refractivity contribution is -0.385. The predicted molar refractivity (Wildman–Crippen MR) is 73.9 cm³/mol. The summed E-state index contributed by atoms with van der Waals surface area (Å²) in [5, 5.41) is 20.5. The molecule has 1 aromatic carbocycles. The van der Waals surface area contributed by atoms with Crippen molar-refractivity contribution >= 4 is 15.7 Å². The summed E-state index contributed by atoms with van der Waals surface area (Å²) in [5.74, 6) is 0. The zero-order valence-corrected chi connectivity index (χ0v) is 12.6. The summed E-state index contributed by atoms with van der Waals surface area (Å²) in [6.45, 7) is 4.39. The van der Waals surface area contributed by atoms with Gasteiger partial charge in [0.2, 0.25) is 10.0 Å². The number of nitro groups is 1. The van der Waals surface area contributed by atoms with Crippen LogP contribution < -0.4 is 0 Å². The number of hydrogen-bond donors (Lipinski definition) is 1. The van der Waals surface area contributed by atoms with E-state index in [1.807, 2.05) is 0 Å². The molecule has 8 heteroatoms. The van der Waals surface area contributed by atoms with Gasteiger partial charge in [-0.3, -0.25) is 10.1 Å². The van der Waals surface area contributed by atoms with Gasteiger partial charge in [0.25, 0.3) is 5.69 Å². The van der Waals surface area contributed by atoms with Crippen LogP contribution in [0.5, 0.6) is 0 Å². The molecule has 0 fully saturated rings. The molecule has 0 heterocycles. The molecule has 20 heavy (non-hydrogen) atoms. The van der Waals surface area contributed by atoms with Crippen LogP contribution in [0.15, 0.2) is 23.1 Å². The molecular formula is C12H18N2O5S. The van der Waals surface area contributed by atoms with Gasteiger partial charge in [-0.25, -0.2) is 8.42 Å². The van der Waals surface area contributed by atoms with E-state index in [0.29, 0.717) is 5.56 Å². The molecule has 0 aromatic heterocycles. The second-order valence-electron chi connectivity index (χ2n) is 5.28. The third-order valence-electron chi connectivity index (χ3n) is 2.70. The Morgan fingerprint density at radius 3 is 2.40 bits per heavy atom. The molecule has 1 N–H and O–H groups in total. The lowest BCUT2D eigenvalue weighted by Crippen LogP contribution is -2.39. The molecule has 0 aliphatic heterocycles. The minimum absolute atomic E-state index is 0.114. The molecule has 1 aromatic rings. The Labute approximate surface area is 118 Å². The number of aliphatic hydroxyl groups is 1. The summed E-state index contributed by atoms with van der Waals surface area (Å²) in [7, 11) is -2.56. The molecule has 1 rings (SSSR count). The second kappa shape index (κ2) is 5.47. The van der Waals surface area contributed by atoms with E-state index in [1.165, 1.54) is 40.0 Å². The predicted octanol–water partition coefficient (Wildman–Crippen LogP) is 1.29. The Bertz CT molecular complexity index is 619. The Morgan fingerprint density at radius 2 is 1.95 bits per heavy atom. The highest BCUT2D eigenvalue weighted by atomic mass is 32.2. The normalized spacial score (nSPS) is 12.7. The number of nitro benzene ring substituents is 1. The highest BCUT2D eigenvalue weighted by Gasteiger charge is 2.28. The lowest BCUT2D eigenvalue weighted by atomic mass is 10.1. The summed E-state index contributed by atoms with van der Waals surface area (Å²) in [6, 6.07) is 3.74. The fraction of sp³-hybridized carbons (Fsp3) is 0.500. The van der Waals surface area contributed by atoms with Crippen molar-refractivity contribution in [3.8, 4) is 0 Å². The second-order valence-corrected chi connectivity index (χ2v) is 7.32. The highest BCUT2D eigenvalue weighted by molar-refractivity contribution is 7.89. The van der Waals surface area contributed by atoms with Gasteiger partial charge >= 0.3 is 0 Å². The van der Waals surface area contributed by atoms with E-state index >= 15 is 0 Å². The number of hydrogen-bond acceptors (Lipinski definition) is 5. The zero-order chi connectivity index (χ0) is 15.7. The molecule has 0 saturated heterocycles. The average Bonchev–Trinajstić information content (AvgIpc) is 2.26. The lowest BCUT2D eigenvalue weighted by Gasteiger charge is -2.25. The molecule has 0 amide bonds. The minimum atomic E-state index is -3.88. The number of rotatable bonds is 5. The minimum Gasteiger partial charge on any atom is -0.389 e. The van der Waals surface area contributed by atoms with Gasteiger partial charge in [0.15, 0.2) is 0 Å². The van der Waals surface area contributed by atoms with Crippen LogP contribution in [0.25, 0.3) is 0 Å². The van der Waals surface area contributed by atoms with Crippen LogP contribution in [0.2, 0.25) is 0 Å². The van der Waals surface area contributed by atoms with E-state index in [9.17, 15) is 23.6 Å². The quantitative estimate of drug-likeness (QED) is 0.652. The first-order valence-corrected chi connectivity index (χ1v) is 7.33. The van der Waals surface area contributed by atoms with Gasteiger partial charge in [-0.05, 0) is 26.8 Å². The summed E-state index contributed by atoms with van der Waals surface area (Å²) in [5.41, 5.74) is -1.06. The molecule has 0 aliphatic rings.